The Balaban J connectivity index is 1.70. The minimum atomic E-state index is -4.15. The summed E-state index contributed by atoms with van der Waals surface area (Å²) in [6.07, 6.45) is 1.93. The SMILES string of the molecule is CCN(CC)S(=O)(=O)c1cc(C(=O)Nc2cc(S(=O)(=O)N3CCOCC3)ccc2N2CCCC2)ccc1F. The van der Waals surface area contributed by atoms with E-state index in [0.29, 0.717) is 18.9 Å². The van der Waals surface area contributed by atoms with Gasteiger partial charge in [0.2, 0.25) is 20.0 Å². The van der Waals surface area contributed by atoms with Crippen LogP contribution >= 0.6 is 0 Å². The normalized spacial score (nSPS) is 17.2. The molecule has 2 aromatic carbocycles. The molecule has 2 aromatic rings. The van der Waals surface area contributed by atoms with Crippen LogP contribution in [0.2, 0.25) is 0 Å². The lowest BCUT2D eigenvalue weighted by atomic mass is 10.2. The van der Waals surface area contributed by atoms with Gasteiger partial charge < -0.3 is 15.0 Å². The molecule has 2 fully saturated rings. The van der Waals surface area contributed by atoms with Crippen molar-refractivity contribution in [2.45, 2.75) is 36.5 Å². The van der Waals surface area contributed by atoms with E-state index in [1.807, 2.05) is 0 Å². The summed E-state index contributed by atoms with van der Waals surface area (Å²) in [6, 6.07) is 7.80. The van der Waals surface area contributed by atoms with Gasteiger partial charge in [-0.05, 0) is 49.2 Å². The Hall–Kier alpha value is -2.58. The van der Waals surface area contributed by atoms with Crippen LogP contribution in [0.5, 0.6) is 0 Å². The summed E-state index contributed by atoms with van der Waals surface area (Å²) >= 11 is 0. The Morgan fingerprint density at radius 2 is 1.63 bits per heavy atom. The van der Waals surface area contributed by atoms with Gasteiger partial charge in [0.05, 0.1) is 29.5 Å². The number of benzene rings is 2. The van der Waals surface area contributed by atoms with Crippen molar-refractivity contribution >= 4 is 37.3 Å². The predicted molar refractivity (Wildman–Crippen MR) is 142 cm³/mol. The van der Waals surface area contributed by atoms with Crippen LogP contribution in [0.1, 0.15) is 37.0 Å². The van der Waals surface area contributed by atoms with E-state index in [1.165, 1.54) is 22.5 Å². The van der Waals surface area contributed by atoms with Gasteiger partial charge in [0.25, 0.3) is 5.91 Å². The zero-order valence-electron chi connectivity index (χ0n) is 21.5. The number of nitrogens with zero attached hydrogens (tertiary/aromatic N) is 3. The molecule has 0 bridgehead atoms. The molecule has 0 atom stereocenters. The highest BCUT2D eigenvalue weighted by Gasteiger charge is 2.29. The monoisotopic (exact) mass is 568 g/mol. The molecule has 0 aliphatic carbocycles. The van der Waals surface area contributed by atoms with E-state index < -0.39 is 36.7 Å². The van der Waals surface area contributed by atoms with Crippen LogP contribution in [0.25, 0.3) is 0 Å². The molecule has 13 heteroatoms. The second-order valence-electron chi connectivity index (χ2n) is 9.08. The Morgan fingerprint density at radius 3 is 2.26 bits per heavy atom. The Labute approximate surface area is 223 Å². The maximum atomic E-state index is 14.6. The van der Waals surface area contributed by atoms with E-state index in [4.69, 9.17) is 4.74 Å². The third-order valence-electron chi connectivity index (χ3n) is 6.79. The molecule has 2 aliphatic heterocycles. The minimum absolute atomic E-state index is 0.0292. The summed E-state index contributed by atoms with van der Waals surface area (Å²) in [5, 5.41) is 2.76. The van der Waals surface area contributed by atoms with Crippen molar-refractivity contribution in [2.24, 2.45) is 0 Å². The van der Waals surface area contributed by atoms with Gasteiger partial charge in [-0.3, -0.25) is 4.79 Å². The van der Waals surface area contributed by atoms with Crippen LogP contribution in [0.15, 0.2) is 46.2 Å². The lowest BCUT2D eigenvalue weighted by Gasteiger charge is -2.27. The molecule has 0 spiro atoms. The van der Waals surface area contributed by atoms with E-state index in [9.17, 15) is 26.0 Å². The maximum Gasteiger partial charge on any atom is 0.255 e. The average molecular weight is 569 g/mol. The number of hydrogen-bond donors (Lipinski definition) is 1. The lowest BCUT2D eigenvalue weighted by molar-refractivity contribution is 0.0730. The van der Waals surface area contributed by atoms with Crippen LogP contribution in [0.3, 0.4) is 0 Å². The lowest BCUT2D eigenvalue weighted by Crippen LogP contribution is -2.40. The number of ether oxygens (including phenoxy) is 1. The standard InChI is InChI=1S/C25H33FN4O6S2/c1-3-29(4-2)38(34,35)24-17-19(7-9-21(24)26)25(31)27-22-18-20(8-10-23(22)28-11-5-6-12-28)37(32,33)30-13-15-36-16-14-30/h7-10,17-18H,3-6,11-16H2,1-2H3,(H,27,31). The summed E-state index contributed by atoms with van der Waals surface area (Å²) in [7, 11) is -7.97. The zero-order chi connectivity index (χ0) is 27.5. The number of nitrogens with one attached hydrogen (secondary N) is 1. The van der Waals surface area contributed by atoms with Crippen LogP contribution in [-0.2, 0) is 24.8 Å². The van der Waals surface area contributed by atoms with Crippen LogP contribution in [0, 0.1) is 5.82 Å². The van der Waals surface area contributed by atoms with Crippen LogP contribution in [0.4, 0.5) is 15.8 Å². The second-order valence-corrected chi connectivity index (χ2v) is 12.9. The molecule has 2 heterocycles. The summed E-state index contributed by atoms with van der Waals surface area (Å²) < 4.78 is 74.8. The number of sulfonamides is 2. The fourth-order valence-corrected chi connectivity index (χ4v) is 7.67. The van der Waals surface area contributed by atoms with Crippen LogP contribution < -0.4 is 10.2 Å². The number of rotatable bonds is 9. The number of carbonyl (C=O) groups excluding carboxylic acids is 1. The van der Waals surface area contributed by atoms with Crippen molar-refractivity contribution in [2.75, 3.05) is 62.7 Å². The highest BCUT2D eigenvalue weighted by atomic mass is 32.2. The van der Waals surface area contributed by atoms with E-state index >= 15 is 0 Å². The fraction of sp³-hybridized carbons (Fsp3) is 0.480. The first-order valence-corrected chi connectivity index (χ1v) is 15.6. The smallest absolute Gasteiger partial charge is 0.255 e. The molecule has 38 heavy (non-hydrogen) atoms. The number of carbonyl (C=O) groups is 1. The highest BCUT2D eigenvalue weighted by molar-refractivity contribution is 7.89. The van der Waals surface area contributed by atoms with Crippen molar-refractivity contribution in [1.82, 2.24) is 8.61 Å². The first-order chi connectivity index (χ1) is 18.1. The maximum absolute atomic E-state index is 14.6. The van der Waals surface area contributed by atoms with E-state index in [-0.39, 0.29) is 42.3 Å². The highest BCUT2D eigenvalue weighted by Crippen LogP contribution is 2.33. The van der Waals surface area contributed by atoms with Gasteiger partial charge >= 0.3 is 0 Å². The van der Waals surface area contributed by atoms with Crippen molar-refractivity contribution in [3.63, 3.8) is 0 Å². The molecule has 0 aromatic heterocycles. The molecular weight excluding hydrogens is 535 g/mol. The van der Waals surface area contributed by atoms with E-state index in [1.54, 1.807) is 19.9 Å². The van der Waals surface area contributed by atoms with Gasteiger partial charge in [-0.25, -0.2) is 21.2 Å². The van der Waals surface area contributed by atoms with Gasteiger partial charge in [0, 0.05) is 44.8 Å². The molecule has 208 valence electrons. The Bertz CT molecular complexity index is 1380. The molecule has 0 unspecified atom stereocenters. The number of morpholine rings is 1. The summed E-state index contributed by atoms with van der Waals surface area (Å²) in [5.41, 5.74) is 0.879. The average Bonchev–Trinajstić information content (AvgIpc) is 3.44. The zero-order valence-corrected chi connectivity index (χ0v) is 23.2. The predicted octanol–water partition coefficient (Wildman–Crippen LogP) is 2.73. The van der Waals surface area contributed by atoms with Gasteiger partial charge in [-0.2, -0.15) is 8.61 Å². The molecular formula is C25H33FN4O6S2. The number of anilines is 2. The second kappa shape index (κ2) is 11.7. The van der Waals surface area contributed by atoms with Crippen molar-refractivity contribution in [3.05, 3.63) is 47.8 Å². The first kappa shape index (κ1) is 28.4. The summed E-state index contributed by atoms with van der Waals surface area (Å²) in [6.45, 7) is 6.17. The van der Waals surface area contributed by atoms with Gasteiger partial charge in [-0.1, -0.05) is 13.8 Å². The number of hydrogen-bond acceptors (Lipinski definition) is 7. The molecule has 0 radical (unpaired) electrons. The molecule has 4 rings (SSSR count). The van der Waals surface area contributed by atoms with Gasteiger partial charge in [-0.15, -0.1) is 0 Å². The molecule has 1 N–H and O–H groups in total. The minimum Gasteiger partial charge on any atom is -0.379 e. The van der Waals surface area contributed by atoms with Gasteiger partial charge in [0.15, 0.2) is 0 Å². The van der Waals surface area contributed by atoms with Crippen molar-refractivity contribution in [3.8, 4) is 0 Å². The largest absolute Gasteiger partial charge is 0.379 e. The molecule has 10 nitrogen and oxygen atoms in total. The van der Waals surface area contributed by atoms with Crippen molar-refractivity contribution < 1.29 is 30.8 Å². The first-order valence-electron chi connectivity index (χ1n) is 12.7. The fourth-order valence-electron chi connectivity index (χ4n) is 4.68. The Kier molecular flexibility index (Phi) is 8.72. The molecule has 1 amide bonds. The van der Waals surface area contributed by atoms with Crippen molar-refractivity contribution in [1.29, 1.82) is 0 Å². The quantitative estimate of drug-likeness (QED) is 0.495. The molecule has 2 saturated heterocycles. The summed E-state index contributed by atoms with van der Waals surface area (Å²) in [4.78, 5) is 14.8. The third-order valence-corrected chi connectivity index (χ3v) is 10.7. The number of amides is 1. The topological polar surface area (TPSA) is 116 Å². The number of halogens is 1. The van der Waals surface area contributed by atoms with E-state index in [2.05, 4.69) is 10.2 Å². The Morgan fingerprint density at radius 1 is 0.974 bits per heavy atom. The molecule has 0 saturated carbocycles. The van der Waals surface area contributed by atoms with Gasteiger partial charge in [0.1, 0.15) is 10.7 Å². The van der Waals surface area contributed by atoms with Crippen LogP contribution in [-0.4, -0.2) is 83.8 Å². The van der Waals surface area contributed by atoms with E-state index in [0.717, 1.165) is 42.4 Å². The molecule has 2 aliphatic rings. The summed E-state index contributed by atoms with van der Waals surface area (Å²) in [5.74, 6) is -1.63. The third kappa shape index (κ3) is 5.71.